The van der Waals surface area contributed by atoms with Crippen molar-refractivity contribution in [1.82, 2.24) is 9.97 Å². The van der Waals surface area contributed by atoms with Crippen molar-refractivity contribution in [1.29, 1.82) is 0 Å². The van der Waals surface area contributed by atoms with Crippen molar-refractivity contribution in [2.45, 2.75) is 38.6 Å². The van der Waals surface area contributed by atoms with Crippen LogP contribution in [0.2, 0.25) is 0 Å². The van der Waals surface area contributed by atoms with Crippen molar-refractivity contribution < 1.29 is 4.42 Å². The second-order valence-corrected chi connectivity index (χ2v) is 5.84. The van der Waals surface area contributed by atoms with Crippen LogP contribution >= 0.6 is 15.9 Å². The summed E-state index contributed by atoms with van der Waals surface area (Å²) in [6, 6.07) is 5.95. The van der Waals surface area contributed by atoms with Crippen LogP contribution in [0.4, 0.5) is 5.82 Å². The highest BCUT2D eigenvalue weighted by molar-refractivity contribution is 9.10. The minimum atomic E-state index is 0.0857. The summed E-state index contributed by atoms with van der Waals surface area (Å²) in [5, 5.41) is 3.36. The fourth-order valence-corrected chi connectivity index (χ4v) is 2.41. The first-order chi connectivity index (χ1) is 9.11. The van der Waals surface area contributed by atoms with E-state index in [4.69, 9.17) is 4.42 Å². The molecule has 0 radical (unpaired) electrons. The number of hydrogen-bond acceptors (Lipinski definition) is 4. The van der Waals surface area contributed by atoms with Crippen LogP contribution < -0.4 is 5.32 Å². The molecule has 1 unspecified atom stereocenters. The fraction of sp³-hybridized carbons (Fsp3) is 0.429. The van der Waals surface area contributed by atoms with Crippen LogP contribution in [-0.2, 0) is 0 Å². The van der Waals surface area contributed by atoms with Crippen LogP contribution in [0.15, 0.2) is 27.2 Å². The van der Waals surface area contributed by atoms with Crippen molar-refractivity contribution >= 4 is 21.7 Å². The van der Waals surface area contributed by atoms with Crippen LogP contribution in [0.5, 0.6) is 0 Å². The third-order valence-electron chi connectivity index (χ3n) is 3.21. The first-order valence-electron chi connectivity index (χ1n) is 6.49. The number of aromatic nitrogens is 2. The van der Waals surface area contributed by atoms with Crippen molar-refractivity contribution in [2.75, 3.05) is 5.32 Å². The van der Waals surface area contributed by atoms with E-state index < -0.39 is 0 Å². The molecule has 0 aliphatic heterocycles. The molecule has 3 rings (SSSR count). The molecule has 1 fully saturated rings. The zero-order valence-corrected chi connectivity index (χ0v) is 12.6. The van der Waals surface area contributed by atoms with E-state index in [9.17, 15) is 0 Å². The summed E-state index contributed by atoms with van der Waals surface area (Å²) < 4.78 is 6.45. The molecule has 2 aromatic heterocycles. The van der Waals surface area contributed by atoms with Crippen LogP contribution in [0, 0.1) is 6.92 Å². The Kier molecular flexibility index (Phi) is 3.31. The Morgan fingerprint density at radius 3 is 2.79 bits per heavy atom. The van der Waals surface area contributed by atoms with Gasteiger partial charge in [-0.3, -0.25) is 0 Å². The smallest absolute Gasteiger partial charge is 0.135 e. The molecule has 0 bridgehead atoms. The van der Waals surface area contributed by atoms with Crippen molar-refractivity contribution in [3.8, 4) is 0 Å². The van der Waals surface area contributed by atoms with Gasteiger partial charge in [0.15, 0.2) is 0 Å². The number of rotatable bonds is 4. The first-order valence-corrected chi connectivity index (χ1v) is 7.28. The zero-order chi connectivity index (χ0) is 13.4. The summed E-state index contributed by atoms with van der Waals surface area (Å²) in [5.41, 5.74) is 0. The molecule has 1 aliphatic rings. The molecule has 0 aromatic carbocycles. The fourth-order valence-electron chi connectivity index (χ4n) is 2.01. The second kappa shape index (κ2) is 4.96. The SMILES string of the molecule is Cc1ccc(C(C)Nc2cc(Br)nc(C3CC3)n2)o1. The Bertz CT molecular complexity index is 592. The van der Waals surface area contributed by atoms with E-state index in [0.717, 1.165) is 27.8 Å². The van der Waals surface area contributed by atoms with Gasteiger partial charge in [0.2, 0.25) is 0 Å². The molecule has 0 saturated heterocycles. The number of aryl methyl sites for hydroxylation is 1. The molecule has 0 spiro atoms. The van der Waals surface area contributed by atoms with Gasteiger partial charge < -0.3 is 9.73 Å². The molecule has 1 aliphatic carbocycles. The molecular formula is C14H16BrN3O. The van der Waals surface area contributed by atoms with Gasteiger partial charge in [0.05, 0.1) is 6.04 Å². The van der Waals surface area contributed by atoms with Gasteiger partial charge in [-0.1, -0.05) is 0 Å². The van der Waals surface area contributed by atoms with E-state index in [0.29, 0.717) is 5.92 Å². The average molecular weight is 322 g/mol. The standard InChI is InChI=1S/C14H16BrN3O/c1-8-3-6-11(19-8)9(2)16-13-7-12(15)17-14(18-13)10-4-5-10/h3,6-7,9-10H,4-5H2,1-2H3,(H,16,17,18). The lowest BCUT2D eigenvalue weighted by atomic mass is 10.2. The predicted molar refractivity (Wildman–Crippen MR) is 77.2 cm³/mol. The number of hydrogen-bond donors (Lipinski definition) is 1. The summed E-state index contributed by atoms with van der Waals surface area (Å²) in [5.74, 6) is 4.15. The monoisotopic (exact) mass is 321 g/mol. The van der Waals surface area contributed by atoms with E-state index in [1.165, 1.54) is 12.8 Å². The number of nitrogens with zero attached hydrogens (tertiary/aromatic N) is 2. The van der Waals surface area contributed by atoms with Crippen molar-refractivity contribution in [2.24, 2.45) is 0 Å². The molecule has 2 heterocycles. The first kappa shape index (κ1) is 12.7. The largest absolute Gasteiger partial charge is 0.464 e. The van der Waals surface area contributed by atoms with Gasteiger partial charge in [-0.15, -0.1) is 0 Å². The highest BCUT2D eigenvalue weighted by atomic mass is 79.9. The summed E-state index contributed by atoms with van der Waals surface area (Å²) >= 11 is 3.44. The molecule has 19 heavy (non-hydrogen) atoms. The maximum absolute atomic E-state index is 5.62. The zero-order valence-electron chi connectivity index (χ0n) is 11.0. The van der Waals surface area contributed by atoms with Crippen LogP contribution in [0.1, 0.15) is 49.1 Å². The number of halogens is 1. The topological polar surface area (TPSA) is 51.0 Å². The summed E-state index contributed by atoms with van der Waals surface area (Å²) in [6.45, 7) is 4.01. The maximum Gasteiger partial charge on any atom is 0.135 e. The van der Waals surface area contributed by atoms with Gasteiger partial charge in [-0.2, -0.15) is 0 Å². The quantitative estimate of drug-likeness (QED) is 0.858. The Labute approximate surface area is 120 Å². The maximum atomic E-state index is 5.62. The minimum Gasteiger partial charge on any atom is -0.464 e. The molecule has 5 heteroatoms. The Hall–Kier alpha value is -1.36. The molecule has 2 aromatic rings. The summed E-state index contributed by atoms with van der Waals surface area (Å²) in [6.07, 6.45) is 2.39. The van der Waals surface area contributed by atoms with E-state index in [1.807, 2.05) is 25.1 Å². The third-order valence-corrected chi connectivity index (χ3v) is 3.61. The molecular weight excluding hydrogens is 306 g/mol. The molecule has 100 valence electrons. The minimum absolute atomic E-state index is 0.0857. The normalized spacial score (nSPS) is 16.4. The van der Waals surface area contributed by atoms with Crippen LogP contribution in [0.25, 0.3) is 0 Å². The summed E-state index contributed by atoms with van der Waals surface area (Å²) in [4.78, 5) is 9.00. The van der Waals surface area contributed by atoms with Gasteiger partial charge in [0, 0.05) is 12.0 Å². The lowest BCUT2D eigenvalue weighted by Crippen LogP contribution is -2.08. The molecule has 1 N–H and O–H groups in total. The lowest BCUT2D eigenvalue weighted by Gasteiger charge is -2.13. The highest BCUT2D eigenvalue weighted by Crippen LogP contribution is 2.39. The Balaban J connectivity index is 1.78. The van der Waals surface area contributed by atoms with Gasteiger partial charge in [-0.25, -0.2) is 9.97 Å². The van der Waals surface area contributed by atoms with Gasteiger partial charge in [0.1, 0.15) is 27.8 Å². The van der Waals surface area contributed by atoms with Crippen LogP contribution in [0.3, 0.4) is 0 Å². The molecule has 1 atom stereocenters. The number of anilines is 1. The van der Waals surface area contributed by atoms with E-state index >= 15 is 0 Å². The molecule has 1 saturated carbocycles. The van der Waals surface area contributed by atoms with E-state index in [2.05, 4.69) is 38.1 Å². The molecule has 4 nitrogen and oxygen atoms in total. The van der Waals surface area contributed by atoms with E-state index in [1.54, 1.807) is 0 Å². The number of nitrogens with one attached hydrogen (secondary N) is 1. The second-order valence-electron chi connectivity index (χ2n) is 5.02. The average Bonchev–Trinajstić information content (AvgIpc) is 3.11. The van der Waals surface area contributed by atoms with Gasteiger partial charge >= 0.3 is 0 Å². The predicted octanol–water partition coefficient (Wildman–Crippen LogP) is 4.19. The van der Waals surface area contributed by atoms with Crippen molar-refractivity contribution in [3.63, 3.8) is 0 Å². The number of furan rings is 1. The van der Waals surface area contributed by atoms with Crippen molar-refractivity contribution in [3.05, 3.63) is 40.1 Å². The Morgan fingerprint density at radius 2 is 2.16 bits per heavy atom. The van der Waals surface area contributed by atoms with Gasteiger partial charge in [0.25, 0.3) is 0 Å². The molecule has 0 amide bonds. The lowest BCUT2D eigenvalue weighted by molar-refractivity contribution is 0.466. The third kappa shape index (κ3) is 2.97. The Morgan fingerprint density at radius 1 is 1.37 bits per heavy atom. The van der Waals surface area contributed by atoms with Crippen LogP contribution in [-0.4, -0.2) is 9.97 Å². The van der Waals surface area contributed by atoms with Gasteiger partial charge in [-0.05, 0) is 54.8 Å². The highest BCUT2D eigenvalue weighted by Gasteiger charge is 2.27. The van der Waals surface area contributed by atoms with E-state index in [-0.39, 0.29) is 6.04 Å². The summed E-state index contributed by atoms with van der Waals surface area (Å²) in [7, 11) is 0.